The van der Waals surface area contributed by atoms with Crippen LogP contribution in [0.15, 0.2) is 0 Å². The van der Waals surface area contributed by atoms with E-state index in [1.165, 1.54) is 6.42 Å². The zero-order valence-electron chi connectivity index (χ0n) is 7.80. The number of thiocarbonyl (C=S) groups is 1. The summed E-state index contributed by atoms with van der Waals surface area (Å²) in [5, 5.41) is 3.77. The Morgan fingerprint density at radius 1 is 1.38 bits per heavy atom. The molecule has 0 atom stereocenters. The van der Waals surface area contributed by atoms with E-state index in [0.29, 0.717) is 5.11 Å². The van der Waals surface area contributed by atoms with E-state index in [0.717, 1.165) is 25.7 Å². The number of nitrogens with zero attached hydrogens (tertiary/aromatic N) is 1. The number of carbonyl (C=O) groups excluding carboxylic acids is 1. The number of nitrogens with one attached hydrogen (secondary N) is 1. The van der Waals surface area contributed by atoms with Gasteiger partial charge in [0, 0.05) is 7.05 Å². The molecule has 0 unspecified atom stereocenters. The summed E-state index contributed by atoms with van der Waals surface area (Å²) in [5.74, 6) is 0.164. The number of likely N-dealkylation sites (N-methyl/N-ethyl adjacent to an activating group) is 1. The minimum Gasteiger partial charge on any atom is -0.348 e. The Hall–Kier alpha value is -0.640. The van der Waals surface area contributed by atoms with Gasteiger partial charge in [-0.3, -0.25) is 9.69 Å². The summed E-state index contributed by atoms with van der Waals surface area (Å²) < 4.78 is 0. The SMILES string of the molecule is CN1C(=O)C2(CCCCC2)NC1=S. The van der Waals surface area contributed by atoms with E-state index >= 15 is 0 Å². The predicted octanol–water partition coefficient (Wildman–Crippen LogP) is 1.04. The van der Waals surface area contributed by atoms with Gasteiger partial charge in [-0.2, -0.15) is 0 Å². The van der Waals surface area contributed by atoms with Crippen LogP contribution in [0.2, 0.25) is 0 Å². The molecule has 13 heavy (non-hydrogen) atoms. The van der Waals surface area contributed by atoms with Crippen LogP contribution in [0.1, 0.15) is 32.1 Å². The molecule has 1 saturated carbocycles. The summed E-state index contributed by atoms with van der Waals surface area (Å²) >= 11 is 5.07. The van der Waals surface area contributed by atoms with Gasteiger partial charge in [-0.05, 0) is 25.1 Å². The van der Waals surface area contributed by atoms with Crippen LogP contribution in [0.5, 0.6) is 0 Å². The molecular weight excluding hydrogens is 184 g/mol. The third-order valence-corrected chi connectivity index (χ3v) is 3.45. The topological polar surface area (TPSA) is 32.3 Å². The second kappa shape index (κ2) is 2.94. The molecule has 0 radical (unpaired) electrons. The molecule has 2 rings (SSSR count). The van der Waals surface area contributed by atoms with Gasteiger partial charge in [-0.15, -0.1) is 0 Å². The molecule has 2 aliphatic rings. The molecular formula is C9H14N2OS. The summed E-state index contributed by atoms with van der Waals surface area (Å²) in [5.41, 5.74) is -0.329. The molecule has 1 spiro atoms. The Bertz CT molecular complexity index is 258. The second-order valence-corrected chi connectivity index (χ2v) is 4.32. The quantitative estimate of drug-likeness (QED) is 0.590. The van der Waals surface area contributed by atoms with Gasteiger partial charge in [0.15, 0.2) is 5.11 Å². The molecule has 1 saturated heterocycles. The molecule has 1 N–H and O–H groups in total. The van der Waals surface area contributed by atoms with Crippen LogP contribution in [0, 0.1) is 0 Å². The van der Waals surface area contributed by atoms with Gasteiger partial charge in [0.05, 0.1) is 0 Å². The molecule has 3 nitrogen and oxygen atoms in total. The molecule has 0 bridgehead atoms. The summed E-state index contributed by atoms with van der Waals surface area (Å²) in [6, 6.07) is 0. The number of rotatable bonds is 0. The van der Waals surface area contributed by atoms with Crippen molar-refractivity contribution in [3.8, 4) is 0 Å². The molecule has 0 aromatic heterocycles. The van der Waals surface area contributed by atoms with Crippen molar-refractivity contribution in [1.29, 1.82) is 0 Å². The maximum Gasteiger partial charge on any atom is 0.254 e. The standard InChI is InChI=1S/C9H14N2OS/c1-11-7(12)9(10-8(11)13)5-3-2-4-6-9/h2-6H2,1H3,(H,10,13). The van der Waals surface area contributed by atoms with Crippen molar-refractivity contribution in [2.24, 2.45) is 0 Å². The molecule has 1 heterocycles. The fraction of sp³-hybridized carbons (Fsp3) is 0.778. The van der Waals surface area contributed by atoms with E-state index in [-0.39, 0.29) is 11.4 Å². The maximum absolute atomic E-state index is 11.9. The molecule has 1 amide bonds. The third kappa shape index (κ3) is 1.24. The first-order valence-corrected chi connectivity index (χ1v) is 5.17. The first-order valence-electron chi connectivity index (χ1n) is 4.76. The second-order valence-electron chi connectivity index (χ2n) is 3.94. The summed E-state index contributed by atoms with van der Waals surface area (Å²) in [7, 11) is 1.75. The highest BCUT2D eigenvalue weighted by atomic mass is 32.1. The molecule has 4 heteroatoms. The average Bonchev–Trinajstić information content (AvgIpc) is 2.33. The molecule has 2 fully saturated rings. The highest BCUT2D eigenvalue weighted by Gasteiger charge is 2.47. The fourth-order valence-corrected chi connectivity index (χ4v) is 2.53. The molecule has 1 aliphatic carbocycles. The minimum absolute atomic E-state index is 0.164. The van der Waals surface area contributed by atoms with E-state index in [9.17, 15) is 4.79 Å². The normalized spacial score (nSPS) is 26.7. The van der Waals surface area contributed by atoms with Gasteiger partial charge in [-0.25, -0.2) is 0 Å². The summed E-state index contributed by atoms with van der Waals surface area (Å²) in [4.78, 5) is 13.4. The number of amides is 1. The lowest BCUT2D eigenvalue weighted by Gasteiger charge is -2.30. The van der Waals surface area contributed by atoms with Crippen molar-refractivity contribution in [2.45, 2.75) is 37.6 Å². The third-order valence-electron chi connectivity index (χ3n) is 3.07. The van der Waals surface area contributed by atoms with Gasteiger partial charge in [-0.1, -0.05) is 19.3 Å². The molecule has 72 valence electrons. The zero-order chi connectivity index (χ0) is 9.47. The van der Waals surface area contributed by atoms with Crippen LogP contribution in [-0.4, -0.2) is 28.5 Å². The van der Waals surface area contributed by atoms with Crippen LogP contribution in [0.3, 0.4) is 0 Å². The number of carbonyl (C=O) groups is 1. The van der Waals surface area contributed by atoms with Crippen molar-refractivity contribution >= 4 is 23.2 Å². The van der Waals surface area contributed by atoms with Crippen molar-refractivity contribution in [3.05, 3.63) is 0 Å². The van der Waals surface area contributed by atoms with Gasteiger partial charge in [0.25, 0.3) is 5.91 Å². The molecule has 0 aromatic carbocycles. The van der Waals surface area contributed by atoms with E-state index in [1.54, 1.807) is 11.9 Å². The van der Waals surface area contributed by atoms with Crippen molar-refractivity contribution < 1.29 is 4.79 Å². The molecule has 0 aromatic rings. The van der Waals surface area contributed by atoms with Gasteiger partial charge < -0.3 is 5.32 Å². The van der Waals surface area contributed by atoms with Crippen LogP contribution in [-0.2, 0) is 4.79 Å². The number of hydrogen-bond donors (Lipinski definition) is 1. The smallest absolute Gasteiger partial charge is 0.254 e. The van der Waals surface area contributed by atoms with Gasteiger partial charge in [0.1, 0.15) is 5.54 Å². The highest BCUT2D eigenvalue weighted by molar-refractivity contribution is 7.80. The van der Waals surface area contributed by atoms with E-state index in [2.05, 4.69) is 5.32 Å². The first kappa shape index (κ1) is 8.94. The first-order chi connectivity index (χ1) is 6.16. The zero-order valence-corrected chi connectivity index (χ0v) is 8.62. The van der Waals surface area contributed by atoms with Gasteiger partial charge in [0.2, 0.25) is 0 Å². The summed E-state index contributed by atoms with van der Waals surface area (Å²) in [6.45, 7) is 0. The van der Waals surface area contributed by atoms with Crippen molar-refractivity contribution in [2.75, 3.05) is 7.05 Å². The Balaban J connectivity index is 2.23. The fourth-order valence-electron chi connectivity index (χ4n) is 2.25. The van der Waals surface area contributed by atoms with E-state index in [4.69, 9.17) is 12.2 Å². The van der Waals surface area contributed by atoms with Crippen molar-refractivity contribution in [1.82, 2.24) is 10.2 Å². The minimum atomic E-state index is -0.329. The van der Waals surface area contributed by atoms with Crippen LogP contribution in [0.25, 0.3) is 0 Å². The number of hydrogen-bond acceptors (Lipinski definition) is 2. The summed E-state index contributed by atoms with van der Waals surface area (Å²) in [6.07, 6.45) is 5.39. The van der Waals surface area contributed by atoms with E-state index < -0.39 is 0 Å². The lowest BCUT2D eigenvalue weighted by Crippen LogP contribution is -2.48. The van der Waals surface area contributed by atoms with E-state index in [1.807, 2.05) is 0 Å². The molecule has 1 aliphatic heterocycles. The Kier molecular flexibility index (Phi) is 2.02. The van der Waals surface area contributed by atoms with Crippen LogP contribution < -0.4 is 5.32 Å². The Labute approximate surface area is 83.5 Å². The predicted molar refractivity (Wildman–Crippen MR) is 54.3 cm³/mol. The lowest BCUT2D eigenvalue weighted by molar-refractivity contribution is -0.131. The van der Waals surface area contributed by atoms with Crippen molar-refractivity contribution in [3.63, 3.8) is 0 Å². The maximum atomic E-state index is 11.9. The Morgan fingerprint density at radius 3 is 2.46 bits per heavy atom. The Morgan fingerprint density at radius 2 is 2.00 bits per heavy atom. The van der Waals surface area contributed by atoms with Crippen LogP contribution in [0.4, 0.5) is 0 Å². The largest absolute Gasteiger partial charge is 0.348 e. The van der Waals surface area contributed by atoms with Crippen LogP contribution >= 0.6 is 12.2 Å². The lowest BCUT2D eigenvalue weighted by atomic mass is 9.82. The van der Waals surface area contributed by atoms with Gasteiger partial charge >= 0.3 is 0 Å². The average molecular weight is 198 g/mol. The monoisotopic (exact) mass is 198 g/mol. The highest BCUT2D eigenvalue weighted by Crippen LogP contribution is 2.32.